The SMILES string of the molecule is Nc1cccc2c1CCN(c1ncc(Br)cc1Br)C2. The predicted octanol–water partition coefficient (Wildman–Crippen LogP) is 3.75. The molecule has 0 radical (unpaired) electrons. The summed E-state index contributed by atoms with van der Waals surface area (Å²) in [6.45, 7) is 1.79. The van der Waals surface area contributed by atoms with E-state index in [0.29, 0.717) is 0 Å². The van der Waals surface area contributed by atoms with Gasteiger partial charge >= 0.3 is 0 Å². The van der Waals surface area contributed by atoms with Crippen molar-refractivity contribution in [2.24, 2.45) is 0 Å². The summed E-state index contributed by atoms with van der Waals surface area (Å²) in [4.78, 5) is 6.77. The van der Waals surface area contributed by atoms with Gasteiger partial charge in [0.05, 0.1) is 4.47 Å². The van der Waals surface area contributed by atoms with Crippen molar-refractivity contribution in [2.45, 2.75) is 13.0 Å². The van der Waals surface area contributed by atoms with E-state index < -0.39 is 0 Å². The van der Waals surface area contributed by atoms with Gasteiger partial charge in [0.15, 0.2) is 0 Å². The zero-order valence-electron chi connectivity index (χ0n) is 10.2. The van der Waals surface area contributed by atoms with Gasteiger partial charge in [-0.3, -0.25) is 0 Å². The Kier molecular flexibility index (Phi) is 3.50. The number of anilines is 2. The quantitative estimate of drug-likeness (QED) is 0.763. The standard InChI is InChI=1S/C14H13Br2N3/c15-10-6-12(16)14(18-7-10)19-5-4-11-9(8-19)2-1-3-13(11)17/h1-3,6-7H,4-5,8,17H2. The Balaban J connectivity index is 1.93. The summed E-state index contributed by atoms with van der Waals surface area (Å²) in [5.41, 5.74) is 9.51. The van der Waals surface area contributed by atoms with Crippen LogP contribution in [0.25, 0.3) is 0 Å². The van der Waals surface area contributed by atoms with E-state index in [-0.39, 0.29) is 0 Å². The van der Waals surface area contributed by atoms with Crippen molar-refractivity contribution in [3.63, 3.8) is 0 Å². The van der Waals surface area contributed by atoms with Gasteiger partial charge in [0.1, 0.15) is 5.82 Å². The van der Waals surface area contributed by atoms with Gasteiger partial charge in [-0.15, -0.1) is 0 Å². The molecule has 1 aromatic carbocycles. The van der Waals surface area contributed by atoms with Crippen molar-refractivity contribution in [3.05, 3.63) is 50.5 Å². The molecule has 1 aromatic heterocycles. The third kappa shape index (κ3) is 2.49. The molecule has 0 saturated carbocycles. The maximum Gasteiger partial charge on any atom is 0.143 e. The smallest absolute Gasteiger partial charge is 0.143 e. The van der Waals surface area contributed by atoms with Gasteiger partial charge in [0, 0.05) is 29.4 Å². The average Bonchev–Trinajstić information content (AvgIpc) is 2.38. The van der Waals surface area contributed by atoms with Crippen LogP contribution in [-0.2, 0) is 13.0 Å². The average molecular weight is 383 g/mol. The molecule has 2 aromatic rings. The molecule has 1 aliphatic rings. The number of benzene rings is 1. The third-order valence-corrected chi connectivity index (χ3v) is 4.41. The molecule has 0 saturated heterocycles. The van der Waals surface area contributed by atoms with Crippen LogP contribution in [0, 0.1) is 0 Å². The number of aromatic nitrogens is 1. The second-order valence-electron chi connectivity index (χ2n) is 4.62. The maximum absolute atomic E-state index is 6.03. The molecule has 0 unspecified atom stereocenters. The van der Waals surface area contributed by atoms with Crippen LogP contribution in [0.1, 0.15) is 11.1 Å². The minimum Gasteiger partial charge on any atom is -0.398 e. The van der Waals surface area contributed by atoms with Crippen LogP contribution < -0.4 is 10.6 Å². The molecule has 2 N–H and O–H groups in total. The molecule has 19 heavy (non-hydrogen) atoms. The number of halogens is 2. The summed E-state index contributed by atoms with van der Waals surface area (Å²) in [5, 5.41) is 0. The van der Waals surface area contributed by atoms with Gasteiger partial charge in [-0.25, -0.2) is 4.98 Å². The molecule has 0 fully saturated rings. The molecule has 3 rings (SSSR count). The van der Waals surface area contributed by atoms with Gasteiger partial charge in [0.25, 0.3) is 0 Å². The van der Waals surface area contributed by atoms with Crippen molar-refractivity contribution in [3.8, 4) is 0 Å². The third-order valence-electron chi connectivity index (χ3n) is 3.39. The first-order chi connectivity index (χ1) is 9.15. The number of nitrogens with two attached hydrogens (primary N) is 1. The first-order valence-corrected chi connectivity index (χ1v) is 7.66. The highest BCUT2D eigenvalue weighted by Gasteiger charge is 2.20. The molecule has 0 atom stereocenters. The van der Waals surface area contributed by atoms with E-state index in [2.05, 4.69) is 47.8 Å². The molecule has 98 valence electrons. The molecule has 0 aliphatic carbocycles. The zero-order valence-corrected chi connectivity index (χ0v) is 13.4. The summed E-state index contributed by atoms with van der Waals surface area (Å²) in [7, 11) is 0. The van der Waals surface area contributed by atoms with Crippen LogP contribution in [0.2, 0.25) is 0 Å². The lowest BCUT2D eigenvalue weighted by atomic mass is 9.98. The highest BCUT2D eigenvalue weighted by Crippen LogP contribution is 2.31. The highest BCUT2D eigenvalue weighted by molar-refractivity contribution is 9.11. The number of rotatable bonds is 1. The fourth-order valence-electron chi connectivity index (χ4n) is 2.46. The van der Waals surface area contributed by atoms with E-state index >= 15 is 0 Å². The molecule has 3 nitrogen and oxygen atoms in total. The van der Waals surface area contributed by atoms with E-state index in [4.69, 9.17) is 5.73 Å². The fraction of sp³-hybridized carbons (Fsp3) is 0.214. The molecule has 0 spiro atoms. The van der Waals surface area contributed by atoms with Crippen LogP contribution in [-0.4, -0.2) is 11.5 Å². The van der Waals surface area contributed by atoms with Crippen molar-refractivity contribution in [1.82, 2.24) is 4.98 Å². The van der Waals surface area contributed by atoms with Crippen molar-refractivity contribution >= 4 is 43.4 Å². The minimum atomic E-state index is 0.855. The number of pyridine rings is 1. The first kappa shape index (κ1) is 12.9. The lowest BCUT2D eigenvalue weighted by molar-refractivity contribution is 0.720. The van der Waals surface area contributed by atoms with Crippen LogP contribution in [0.3, 0.4) is 0 Å². The molecule has 0 bridgehead atoms. The van der Waals surface area contributed by atoms with Gasteiger partial charge in [-0.2, -0.15) is 0 Å². The zero-order chi connectivity index (χ0) is 13.4. The number of hydrogen-bond acceptors (Lipinski definition) is 3. The highest BCUT2D eigenvalue weighted by atomic mass is 79.9. The van der Waals surface area contributed by atoms with Crippen LogP contribution >= 0.6 is 31.9 Å². The lowest BCUT2D eigenvalue weighted by Gasteiger charge is -2.31. The molecule has 0 amide bonds. The summed E-state index contributed by atoms with van der Waals surface area (Å²) in [6, 6.07) is 8.16. The summed E-state index contributed by atoms with van der Waals surface area (Å²) in [6.07, 6.45) is 2.79. The van der Waals surface area contributed by atoms with Gasteiger partial charge < -0.3 is 10.6 Å². The summed E-state index contributed by atoms with van der Waals surface area (Å²) >= 11 is 7.01. The number of nitrogen functional groups attached to an aromatic ring is 1. The Bertz CT molecular complexity index is 628. The Labute approximate surface area is 129 Å². The number of nitrogens with zero attached hydrogens (tertiary/aromatic N) is 2. The van der Waals surface area contributed by atoms with Crippen molar-refractivity contribution in [2.75, 3.05) is 17.2 Å². The van der Waals surface area contributed by atoms with E-state index in [0.717, 1.165) is 40.0 Å². The topological polar surface area (TPSA) is 42.1 Å². The molecular weight excluding hydrogens is 370 g/mol. The van der Waals surface area contributed by atoms with Crippen molar-refractivity contribution in [1.29, 1.82) is 0 Å². The van der Waals surface area contributed by atoms with Crippen LogP contribution in [0.4, 0.5) is 11.5 Å². The second-order valence-corrected chi connectivity index (χ2v) is 6.39. The Hall–Kier alpha value is -1.07. The Morgan fingerprint density at radius 2 is 2.11 bits per heavy atom. The van der Waals surface area contributed by atoms with Gasteiger partial charge in [-0.05, 0) is 61.5 Å². The summed E-state index contributed by atoms with van der Waals surface area (Å²) in [5.74, 6) is 0.983. The second kappa shape index (κ2) is 5.13. The largest absolute Gasteiger partial charge is 0.398 e. The molecule has 2 heterocycles. The first-order valence-electron chi connectivity index (χ1n) is 6.07. The van der Waals surface area contributed by atoms with E-state index in [9.17, 15) is 0 Å². The van der Waals surface area contributed by atoms with Gasteiger partial charge in [0.2, 0.25) is 0 Å². The monoisotopic (exact) mass is 381 g/mol. The fourth-order valence-corrected chi connectivity index (χ4v) is 3.70. The molecule has 1 aliphatic heterocycles. The minimum absolute atomic E-state index is 0.855. The Morgan fingerprint density at radius 3 is 2.89 bits per heavy atom. The summed E-state index contributed by atoms with van der Waals surface area (Å²) < 4.78 is 1.99. The lowest BCUT2D eigenvalue weighted by Crippen LogP contribution is -2.31. The van der Waals surface area contributed by atoms with Crippen molar-refractivity contribution < 1.29 is 0 Å². The molecular formula is C14H13Br2N3. The van der Waals surface area contributed by atoms with Gasteiger partial charge in [-0.1, -0.05) is 12.1 Å². The number of fused-ring (bicyclic) bond motifs is 1. The van der Waals surface area contributed by atoms with E-state index in [1.807, 2.05) is 24.4 Å². The van der Waals surface area contributed by atoms with E-state index in [1.54, 1.807) is 0 Å². The van der Waals surface area contributed by atoms with Crippen LogP contribution in [0.5, 0.6) is 0 Å². The maximum atomic E-state index is 6.03. The van der Waals surface area contributed by atoms with E-state index in [1.165, 1.54) is 11.1 Å². The normalized spacial score (nSPS) is 14.3. The Morgan fingerprint density at radius 1 is 1.26 bits per heavy atom. The predicted molar refractivity (Wildman–Crippen MR) is 85.2 cm³/mol. The number of hydrogen-bond donors (Lipinski definition) is 1. The van der Waals surface area contributed by atoms with Crippen LogP contribution in [0.15, 0.2) is 39.4 Å². The molecule has 5 heteroatoms.